The maximum atomic E-state index is 10.6. The minimum absolute atomic E-state index is 0.450. The molecule has 0 aromatic heterocycles. The summed E-state index contributed by atoms with van der Waals surface area (Å²) in [5.74, 6) is 0.450. The molecule has 0 atom stereocenters. The number of phenols is 1. The van der Waals surface area contributed by atoms with Gasteiger partial charge in [0.05, 0.1) is 0 Å². The summed E-state index contributed by atoms with van der Waals surface area (Å²) in [5, 5.41) is 10.6. The maximum absolute atomic E-state index is 10.6. The largest absolute Gasteiger partial charge is 0.508 e. The van der Waals surface area contributed by atoms with Crippen molar-refractivity contribution in [2.45, 2.75) is 82.8 Å². The van der Waals surface area contributed by atoms with E-state index in [-0.39, 0.29) is 0 Å². The lowest BCUT2D eigenvalue weighted by atomic mass is 9.88. The smallest absolute Gasteiger partial charge is 0.120 e. The van der Waals surface area contributed by atoms with Crippen molar-refractivity contribution in [3.8, 4) is 16.9 Å². The third-order valence-corrected chi connectivity index (χ3v) is 6.63. The van der Waals surface area contributed by atoms with E-state index in [4.69, 9.17) is 0 Å². The molecule has 0 aliphatic heterocycles. The summed E-state index contributed by atoms with van der Waals surface area (Å²) in [4.78, 5) is 2.77. The van der Waals surface area contributed by atoms with Crippen LogP contribution in [0.2, 0.25) is 0 Å². The van der Waals surface area contributed by atoms with Crippen LogP contribution in [-0.2, 0) is 6.54 Å². The van der Waals surface area contributed by atoms with Crippen LogP contribution in [0.15, 0.2) is 48.5 Å². The summed E-state index contributed by atoms with van der Waals surface area (Å²) in [5.41, 5.74) is 3.52. The van der Waals surface area contributed by atoms with Crippen LogP contribution >= 0.6 is 0 Å². The Hall–Kier alpha value is -1.80. The van der Waals surface area contributed by atoms with Gasteiger partial charge in [0.25, 0.3) is 0 Å². The highest BCUT2D eigenvalue weighted by atomic mass is 16.3. The molecule has 2 aliphatic rings. The molecular formula is C25H33NO. The second-order valence-corrected chi connectivity index (χ2v) is 8.47. The summed E-state index contributed by atoms with van der Waals surface area (Å²) in [6.45, 7) is 0.891. The molecule has 2 saturated carbocycles. The Balaban J connectivity index is 1.59. The first-order valence-corrected chi connectivity index (χ1v) is 10.9. The number of benzene rings is 2. The standard InChI is InChI=1S/C25H33NO/c27-25-17-16-21(20-10-4-1-5-11-20)18-22(25)19-26(23-12-6-2-7-13-23)24-14-8-3-9-15-24/h1,4-5,10-11,16-18,23-24,27H,2-3,6-9,12-15,19H2. The fourth-order valence-electron chi connectivity index (χ4n) is 5.10. The Morgan fingerprint density at radius 2 is 1.30 bits per heavy atom. The fraction of sp³-hybridized carbons (Fsp3) is 0.520. The monoisotopic (exact) mass is 363 g/mol. The Labute approximate surface area is 164 Å². The molecule has 2 aromatic carbocycles. The molecule has 2 fully saturated rings. The number of hydrogen-bond acceptors (Lipinski definition) is 2. The van der Waals surface area contributed by atoms with E-state index in [1.54, 1.807) is 0 Å². The predicted octanol–water partition coefficient (Wildman–Crippen LogP) is 6.53. The molecule has 2 heteroatoms. The van der Waals surface area contributed by atoms with E-state index in [0.717, 1.165) is 12.1 Å². The lowest BCUT2D eigenvalue weighted by Gasteiger charge is -2.42. The number of aromatic hydroxyl groups is 1. The van der Waals surface area contributed by atoms with Crippen LogP contribution in [0.25, 0.3) is 11.1 Å². The molecule has 27 heavy (non-hydrogen) atoms. The summed E-state index contributed by atoms with van der Waals surface area (Å²) in [7, 11) is 0. The zero-order chi connectivity index (χ0) is 18.5. The van der Waals surface area contributed by atoms with E-state index in [1.165, 1.54) is 75.3 Å². The third kappa shape index (κ3) is 4.55. The van der Waals surface area contributed by atoms with E-state index < -0.39 is 0 Å². The summed E-state index contributed by atoms with van der Waals surface area (Å²) < 4.78 is 0. The van der Waals surface area contributed by atoms with Gasteiger partial charge in [0.15, 0.2) is 0 Å². The van der Waals surface area contributed by atoms with Gasteiger partial charge in [-0.1, -0.05) is 74.9 Å². The predicted molar refractivity (Wildman–Crippen MR) is 113 cm³/mol. The minimum Gasteiger partial charge on any atom is -0.508 e. The van der Waals surface area contributed by atoms with Crippen molar-refractivity contribution in [1.29, 1.82) is 0 Å². The van der Waals surface area contributed by atoms with Gasteiger partial charge in [-0.2, -0.15) is 0 Å². The Bertz CT molecular complexity index is 696. The highest BCUT2D eigenvalue weighted by Gasteiger charge is 2.29. The topological polar surface area (TPSA) is 23.5 Å². The SMILES string of the molecule is Oc1ccc(-c2ccccc2)cc1CN(C1CCCCC1)C1CCCCC1. The van der Waals surface area contributed by atoms with Gasteiger partial charge < -0.3 is 5.11 Å². The summed E-state index contributed by atoms with van der Waals surface area (Å²) >= 11 is 0. The zero-order valence-electron chi connectivity index (χ0n) is 16.4. The average Bonchev–Trinajstić information content (AvgIpc) is 2.75. The Kier molecular flexibility index (Phi) is 6.14. The lowest BCUT2D eigenvalue weighted by Crippen LogP contribution is -2.44. The number of phenolic OH excluding ortho intramolecular Hbond substituents is 1. The van der Waals surface area contributed by atoms with Crippen LogP contribution < -0.4 is 0 Å². The van der Waals surface area contributed by atoms with Crippen LogP contribution in [-0.4, -0.2) is 22.1 Å². The van der Waals surface area contributed by atoms with E-state index in [2.05, 4.69) is 41.3 Å². The second kappa shape index (κ2) is 8.93. The van der Waals surface area contributed by atoms with Gasteiger partial charge in [-0.25, -0.2) is 0 Å². The van der Waals surface area contributed by atoms with Gasteiger partial charge >= 0.3 is 0 Å². The van der Waals surface area contributed by atoms with Crippen molar-refractivity contribution in [2.75, 3.05) is 0 Å². The zero-order valence-corrected chi connectivity index (χ0v) is 16.4. The first kappa shape index (κ1) is 18.6. The molecule has 0 amide bonds. The number of hydrogen-bond donors (Lipinski definition) is 1. The summed E-state index contributed by atoms with van der Waals surface area (Å²) in [6.07, 6.45) is 13.6. The van der Waals surface area contributed by atoms with Crippen molar-refractivity contribution in [2.24, 2.45) is 0 Å². The van der Waals surface area contributed by atoms with Crippen LogP contribution in [0.1, 0.15) is 69.8 Å². The highest BCUT2D eigenvalue weighted by molar-refractivity contribution is 5.65. The van der Waals surface area contributed by atoms with E-state index in [0.29, 0.717) is 17.8 Å². The van der Waals surface area contributed by atoms with Crippen molar-refractivity contribution in [3.63, 3.8) is 0 Å². The molecule has 0 unspecified atom stereocenters. The molecule has 1 N–H and O–H groups in total. The van der Waals surface area contributed by atoms with Gasteiger partial charge in [0.1, 0.15) is 5.75 Å². The molecule has 4 rings (SSSR count). The van der Waals surface area contributed by atoms with Crippen LogP contribution in [0.3, 0.4) is 0 Å². The van der Waals surface area contributed by atoms with Gasteiger partial charge in [-0.3, -0.25) is 4.90 Å². The Morgan fingerprint density at radius 1 is 0.704 bits per heavy atom. The first-order chi connectivity index (χ1) is 13.3. The van der Waals surface area contributed by atoms with Crippen LogP contribution in [0.4, 0.5) is 0 Å². The van der Waals surface area contributed by atoms with Gasteiger partial charge in [-0.05, 0) is 48.9 Å². The van der Waals surface area contributed by atoms with Crippen molar-refractivity contribution >= 4 is 0 Å². The molecule has 2 aromatic rings. The molecule has 2 aliphatic carbocycles. The normalized spacial score (nSPS) is 19.4. The van der Waals surface area contributed by atoms with Crippen molar-refractivity contribution in [3.05, 3.63) is 54.1 Å². The molecule has 0 saturated heterocycles. The maximum Gasteiger partial charge on any atom is 0.120 e. The van der Waals surface area contributed by atoms with Gasteiger partial charge in [0, 0.05) is 24.2 Å². The second-order valence-electron chi connectivity index (χ2n) is 8.47. The molecule has 0 heterocycles. The van der Waals surface area contributed by atoms with Crippen molar-refractivity contribution in [1.82, 2.24) is 4.90 Å². The molecule has 144 valence electrons. The first-order valence-electron chi connectivity index (χ1n) is 10.9. The van der Waals surface area contributed by atoms with Crippen molar-refractivity contribution < 1.29 is 5.11 Å². The van der Waals surface area contributed by atoms with E-state index in [1.807, 2.05) is 12.1 Å². The lowest BCUT2D eigenvalue weighted by molar-refractivity contribution is 0.0724. The minimum atomic E-state index is 0.450. The highest BCUT2D eigenvalue weighted by Crippen LogP contribution is 2.34. The number of nitrogens with zero attached hydrogens (tertiary/aromatic N) is 1. The average molecular weight is 364 g/mol. The fourth-order valence-corrected chi connectivity index (χ4v) is 5.10. The molecule has 0 radical (unpaired) electrons. The van der Waals surface area contributed by atoms with Gasteiger partial charge in [-0.15, -0.1) is 0 Å². The van der Waals surface area contributed by atoms with E-state index >= 15 is 0 Å². The molecule has 2 nitrogen and oxygen atoms in total. The third-order valence-electron chi connectivity index (χ3n) is 6.63. The molecule has 0 bridgehead atoms. The quantitative estimate of drug-likeness (QED) is 0.653. The number of rotatable bonds is 5. The van der Waals surface area contributed by atoms with E-state index in [9.17, 15) is 5.11 Å². The molecular weight excluding hydrogens is 330 g/mol. The van der Waals surface area contributed by atoms with Crippen LogP contribution in [0.5, 0.6) is 5.75 Å². The van der Waals surface area contributed by atoms with Crippen LogP contribution in [0, 0.1) is 0 Å². The van der Waals surface area contributed by atoms with Gasteiger partial charge in [0.2, 0.25) is 0 Å². The molecule has 0 spiro atoms. The Morgan fingerprint density at radius 3 is 1.89 bits per heavy atom. The summed E-state index contributed by atoms with van der Waals surface area (Å²) in [6, 6.07) is 18.0.